The third kappa shape index (κ3) is 4.32. The summed E-state index contributed by atoms with van der Waals surface area (Å²) in [6, 6.07) is 4.22. The fraction of sp³-hybridized carbons (Fsp3) is 0.357. The molecule has 4 rings (SSSR count). The topological polar surface area (TPSA) is 46.4 Å². The van der Waals surface area contributed by atoms with Gasteiger partial charge in [0.15, 0.2) is 0 Å². The van der Waals surface area contributed by atoms with Crippen LogP contribution in [-0.4, -0.2) is 40.9 Å². The number of aryl methyl sites for hydroxylation is 2. The van der Waals surface area contributed by atoms with Gasteiger partial charge >= 0.3 is 0 Å². The number of fused-ring (bicyclic) bond motifs is 1. The van der Waals surface area contributed by atoms with Gasteiger partial charge in [0.05, 0.1) is 30.2 Å². The summed E-state index contributed by atoms with van der Waals surface area (Å²) >= 11 is 0. The summed E-state index contributed by atoms with van der Waals surface area (Å²) in [6.45, 7) is 10.8. The first-order chi connectivity index (χ1) is 16.2. The Kier molecular flexibility index (Phi) is 6.51. The lowest BCUT2D eigenvalue weighted by Crippen LogP contribution is -2.26. The second-order valence-corrected chi connectivity index (χ2v) is 9.40. The van der Waals surface area contributed by atoms with E-state index in [1.165, 1.54) is 17.7 Å². The molecule has 0 N–H and O–H groups in total. The fourth-order valence-electron chi connectivity index (χ4n) is 4.50. The largest absolute Gasteiger partial charge is 0.496 e. The maximum Gasteiger partial charge on any atom is 0.128 e. The molecule has 1 aliphatic carbocycles. The quantitative estimate of drug-likeness (QED) is 0.396. The molecule has 0 amide bonds. The molecule has 178 valence electrons. The number of hydrogen-bond donors (Lipinski definition) is 0. The van der Waals surface area contributed by atoms with Crippen molar-refractivity contribution in [1.29, 1.82) is 0 Å². The van der Waals surface area contributed by atoms with E-state index in [0.717, 1.165) is 63.1 Å². The molecule has 1 fully saturated rings. The SMILES string of the molecule is C=C(C)/C(=C\N(C)C)N(C(C)=C1CCC1)c1c(C)cnc2cc(OC)c(-c3cnn(C)c3)cc12. The van der Waals surface area contributed by atoms with E-state index in [4.69, 9.17) is 9.72 Å². The van der Waals surface area contributed by atoms with Crippen molar-refractivity contribution in [2.24, 2.45) is 7.05 Å². The maximum atomic E-state index is 5.77. The van der Waals surface area contributed by atoms with Crippen molar-refractivity contribution < 1.29 is 4.74 Å². The number of methoxy groups -OCH3 is 1. The zero-order valence-electron chi connectivity index (χ0n) is 21.4. The average molecular weight is 458 g/mol. The van der Waals surface area contributed by atoms with Crippen LogP contribution in [0.3, 0.4) is 0 Å². The third-order valence-corrected chi connectivity index (χ3v) is 6.45. The number of anilines is 1. The van der Waals surface area contributed by atoms with Gasteiger partial charge in [0.1, 0.15) is 5.75 Å². The molecule has 0 atom stereocenters. The number of aromatic nitrogens is 3. The maximum absolute atomic E-state index is 5.77. The molecule has 0 spiro atoms. The summed E-state index contributed by atoms with van der Waals surface area (Å²) in [4.78, 5) is 9.25. The minimum Gasteiger partial charge on any atom is -0.496 e. The van der Waals surface area contributed by atoms with Crippen molar-refractivity contribution in [2.75, 3.05) is 26.1 Å². The Balaban J connectivity index is 2.06. The van der Waals surface area contributed by atoms with Crippen molar-refractivity contribution in [3.63, 3.8) is 0 Å². The minimum atomic E-state index is 0.785. The lowest BCUT2D eigenvalue weighted by Gasteiger charge is -2.35. The monoisotopic (exact) mass is 457 g/mol. The fourth-order valence-corrected chi connectivity index (χ4v) is 4.50. The van der Waals surface area contributed by atoms with Crippen molar-refractivity contribution in [3.8, 4) is 16.9 Å². The van der Waals surface area contributed by atoms with Gasteiger partial charge in [-0.2, -0.15) is 5.10 Å². The molecule has 6 heteroatoms. The number of hydrogen-bond acceptors (Lipinski definition) is 5. The standard InChI is InChI=1S/C28H35N5O/c1-18(2)26(17-31(5)6)33(20(4)21-10-9-11-21)28-19(3)14-29-25-13-27(34-8)23(12-24(25)28)22-15-30-32(7)16-22/h12-17H,1,9-11H2,2-8H3/b26-17+. The summed E-state index contributed by atoms with van der Waals surface area (Å²) in [7, 11) is 7.73. The normalized spacial score (nSPS) is 13.6. The highest BCUT2D eigenvalue weighted by Crippen LogP contribution is 2.43. The Hall–Kier alpha value is -3.54. The Labute approximate surface area is 202 Å². The van der Waals surface area contributed by atoms with Crippen LogP contribution >= 0.6 is 0 Å². The molecule has 6 nitrogen and oxygen atoms in total. The van der Waals surface area contributed by atoms with Crippen LogP contribution in [0.5, 0.6) is 5.75 Å². The summed E-state index contributed by atoms with van der Waals surface area (Å²) in [5.74, 6) is 0.785. The van der Waals surface area contributed by atoms with Crippen LogP contribution in [0.4, 0.5) is 5.69 Å². The van der Waals surface area contributed by atoms with Gasteiger partial charge in [0.2, 0.25) is 0 Å². The van der Waals surface area contributed by atoms with E-state index in [-0.39, 0.29) is 0 Å². The van der Waals surface area contributed by atoms with Crippen molar-refractivity contribution in [1.82, 2.24) is 19.7 Å². The molecule has 0 unspecified atom stereocenters. The zero-order valence-corrected chi connectivity index (χ0v) is 21.4. The molecule has 1 aliphatic rings. The van der Waals surface area contributed by atoms with Gasteiger partial charge in [0, 0.05) is 68.0 Å². The highest BCUT2D eigenvalue weighted by atomic mass is 16.5. The van der Waals surface area contributed by atoms with Gasteiger partial charge in [0.25, 0.3) is 0 Å². The molecule has 3 aromatic rings. The third-order valence-electron chi connectivity index (χ3n) is 6.45. The van der Waals surface area contributed by atoms with E-state index in [1.807, 2.05) is 36.4 Å². The predicted octanol–water partition coefficient (Wildman–Crippen LogP) is 6.20. The van der Waals surface area contributed by atoms with E-state index in [9.17, 15) is 0 Å². The number of pyridine rings is 1. The lowest BCUT2D eigenvalue weighted by molar-refractivity contribution is 0.417. The Morgan fingerprint density at radius 3 is 2.44 bits per heavy atom. The average Bonchev–Trinajstić information content (AvgIpc) is 3.18. The molecule has 0 radical (unpaired) electrons. The smallest absolute Gasteiger partial charge is 0.128 e. The Bertz CT molecular complexity index is 1310. The van der Waals surface area contributed by atoms with Gasteiger partial charge in [-0.1, -0.05) is 12.2 Å². The Morgan fingerprint density at radius 2 is 1.91 bits per heavy atom. The molecule has 1 aromatic carbocycles. The van der Waals surface area contributed by atoms with E-state index in [0.29, 0.717) is 0 Å². The molecular formula is C28H35N5O. The van der Waals surface area contributed by atoms with Crippen LogP contribution in [0, 0.1) is 6.92 Å². The number of allylic oxidation sites excluding steroid dienone is 3. The first-order valence-electron chi connectivity index (χ1n) is 11.7. The van der Waals surface area contributed by atoms with Crippen LogP contribution in [0.25, 0.3) is 22.0 Å². The van der Waals surface area contributed by atoms with Gasteiger partial charge < -0.3 is 14.5 Å². The highest BCUT2D eigenvalue weighted by Gasteiger charge is 2.25. The van der Waals surface area contributed by atoms with Crippen molar-refractivity contribution in [2.45, 2.75) is 40.0 Å². The molecule has 1 saturated carbocycles. The minimum absolute atomic E-state index is 0.785. The second kappa shape index (κ2) is 9.37. The van der Waals surface area contributed by atoms with Crippen LogP contribution in [0.15, 0.2) is 66.0 Å². The highest BCUT2D eigenvalue weighted by molar-refractivity contribution is 5.99. The number of nitrogens with zero attached hydrogens (tertiary/aromatic N) is 5. The van der Waals surface area contributed by atoms with Gasteiger partial charge in [-0.15, -0.1) is 0 Å². The van der Waals surface area contributed by atoms with Crippen LogP contribution in [0.1, 0.15) is 38.7 Å². The molecular weight excluding hydrogens is 422 g/mol. The van der Waals surface area contributed by atoms with Gasteiger partial charge in [-0.3, -0.25) is 9.67 Å². The van der Waals surface area contributed by atoms with E-state index in [1.54, 1.807) is 7.11 Å². The molecule has 34 heavy (non-hydrogen) atoms. The number of benzene rings is 1. The van der Waals surface area contributed by atoms with E-state index >= 15 is 0 Å². The van der Waals surface area contributed by atoms with Gasteiger partial charge in [-0.25, -0.2) is 0 Å². The van der Waals surface area contributed by atoms with E-state index in [2.05, 4.69) is 68.6 Å². The molecule has 2 heterocycles. The predicted molar refractivity (Wildman–Crippen MR) is 141 cm³/mol. The number of rotatable bonds is 7. The summed E-state index contributed by atoms with van der Waals surface area (Å²) in [6.07, 6.45) is 11.5. The zero-order chi connectivity index (χ0) is 24.6. The van der Waals surface area contributed by atoms with Crippen LogP contribution in [-0.2, 0) is 7.05 Å². The first kappa shape index (κ1) is 23.6. The molecule has 0 saturated heterocycles. The van der Waals surface area contributed by atoms with E-state index < -0.39 is 0 Å². The first-order valence-corrected chi connectivity index (χ1v) is 11.7. The van der Waals surface area contributed by atoms with Crippen molar-refractivity contribution in [3.05, 3.63) is 71.6 Å². The Morgan fingerprint density at radius 1 is 1.18 bits per heavy atom. The molecule has 0 aliphatic heterocycles. The van der Waals surface area contributed by atoms with Crippen molar-refractivity contribution >= 4 is 16.6 Å². The lowest BCUT2D eigenvalue weighted by atomic mass is 9.89. The summed E-state index contributed by atoms with van der Waals surface area (Å²) in [5.41, 5.74) is 10.0. The summed E-state index contributed by atoms with van der Waals surface area (Å²) in [5, 5.41) is 5.45. The van der Waals surface area contributed by atoms with Crippen LogP contribution in [0.2, 0.25) is 0 Å². The van der Waals surface area contributed by atoms with Gasteiger partial charge in [-0.05, 0) is 57.2 Å². The summed E-state index contributed by atoms with van der Waals surface area (Å²) < 4.78 is 7.58. The van der Waals surface area contributed by atoms with Crippen LogP contribution < -0.4 is 9.64 Å². The molecule has 0 bridgehead atoms. The molecule has 2 aromatic heterocycles. The number of ether oxygens (including phenoxy) is 1. The second-order valence-electron chi connectivity index (χ2n) is 9.40.